The highest BCUT2D eigenvalue weighted by molar-refractivity contribution is 5.95. The maximum absolute atomic E-state index is 6.22. The fourth-order valence-corrected chi connectivity index (χ4v) is 4.40. The molecule has 3 heterocycles. The molecule has 0 amide bonds. The quantitative estimate of drug-likeness (QED) is 0.596. The first kappa shape index (κ1) is 19.6. The molecule has 5 heteroatoms. The molecule has 1 aromatic heterocycles. The molecule has 2 saturated heterocycles. The Balaban J connectivity index is 1.44. The Kier molecular flexibility index (Phi) is 6.02. The van der Waals surface area contributed by atoms with Crippen molar-refractivity contribution in [2.45, 2.75) is 44.4 Å². The number of H-pyrrole nitrogens is 1. The van der Waals surface area contributed by atoms with Crippen LogP contribution in [0.15, 0.2) is 48.5 Å². The third-order valence-electron chi connectivity index (χ3n) is 6.11. The van der Waals surface area contributed by atoms with E-state index in [-0.39, 0.29) is 0 Å². The fourth-order valence-electron chi connectivity index (χ4n) is 4.40. The summed E-state index contributed by atoms with van der Waals surface area (Å²) in [6, 6.07) is 17.7. The smallest absolute Gasteiger partial charge is 0.0721 e. The van der Waals surface area contributed by atoms with E-state index in [2.05, 4.69) is 58.8 Å². The minimum absolute atomic E-state index is 0.299. The van der Waals surface area contributed by atoms with E-state index in [9.17, 15) is 0 Å². The lowest BCUT2D eigenvalue weighted by Crippen LogP contribution is -2.28. The van der Waals surface area contributed by atoms with Crippen LogP contribution >= 0.6 is 0 Å². The molecule has 2 aliphatic rings. The first-order valence-electron chi connectivity index (χ1n) is 11.1. The minimum Gasteiger partial charge on any atom is -0.381 e. The number of anilines is 1. The normalized spacial score (nSPS) is 18.7. The second-order valence-corrected chi connectivity index (χ2v) is 8.31. The Labute approximate surface area is 177 Å². The number of ether oxygens (including phenoxy) is 3. The number of nitrogens with one attached hydrogen (secondary N) is 2. The van der Waals surface area contributed by atoms with Gasteiger partial charge in [0.15, 0.2) is 0 Å². The zero-order valence-corrected chi connectivity index (χ0v) is 17.4. The predicted octanol–water partition coefficient (Wildman–Crippen LogP) is 5.12. The van der Waals surface area contributed by atoms with Gasteiger partial charge in [-0.05, 0) is 55.0 Å². The Morgan fingerprint density at radius 1 is 0.900 bits per heavy atom. The average Bonchev–Trinajstić information content (AvgIpc) is 3.24. The van der Waals surface area contributed by atoms with E-state index in [1.165, 1.54) is 16.5 Å². The molecule has 5 nitrogen and oxygen atoms in total. The van der Waals surface area contributed by atoms with E-state index in [0.717, 1.165) is 69.0 Å². The van der Waals surface area contributed by atoms with E-state index >= 15 is 0 Å². The van der Waals surface area contributed by atoms with Crippen molar-refractivity contribution >= 4 is 16.6 Å². The summed E-state index contributed by atoms with van der Waals surface area (Å²) >= 11 is 0. The van der Waals surface area contributed by atoms with Gasteiger partial charge in [0.1, 0.15) is 0 Å². The molecule has 0 atom stereocenters. The number of fused-ring (bicyclic) bond motifs is 1. The largest absolute Gasteiger partial charge is 0.381 e. The Hall–Kier alpha value is -2.34. The maximum Gasteiger partial charge on any atom is 0.0721 e. The fraction of sp³-hybridized carbons (Fsp3) is 0.440. The van der Waals surface area contributed by atoms with Gasteiger partial charge in [-0.15, -0.1) is 0 Å². The number of hydrogen-bond acceptors (Lipinski definition) is 4. The second kappa shape index (κ2) is 9.21. The molecule has 0 spiro atoms. The van der Waals surface area contributed by atoms with Crippen LogP contribution in [0.25, 0.3) is 22.2 Å². The van der Waals surface area contributed by atoms with Gasteiger partial charge in [-0.2, -0.15) is 0 Å². The lowest BCUT2D eigenvalue weighted by Gasteiger charge is -2.25. The lowest BCUT2D eigenvalue weighted by molar-refractivity contribution is -0.0390. The van der Waals surface area contributed by atoms with Crippen molar-refractivity contribution in [2.24, 2.45) is 0 Å². The summed E-state index contributed by atoms with van der Waals surface area (Å²) < 4.78 is 17.2. The molecule has 0 bridgehead atoms. The summed E-state index contributed by atoms with van der Waals surface area (Å²) in [5, 5.41) is 5.00. The first-order valence-corrected chi connectivity index (χ1v) is 11.1. The van der Waals surface area contributed by atoms with Gasteiger partial charge in [0.25, 0.3) is 0 Å². The number of rotatable bonds is 6. The van der Waals surface area contributed by atoms with Crippen LogP contribution in [0, 0.1) is 0 Å². The molecular formula is C25H30N2O3. The highest BCUT2D eigenvalue weighted by Gasteiger charge is 2.18. The van der Waals surface area contributed by atoms with Gasteiger partial charge in [-0.3, -0.25) is 0 Å². The lowest BCUT2D eigenvalue weighted by atomic mass is 10.1. The maximum atomic E-state index is 6.22. The van der Waals surface area contributed by atoms with Gasteiger partial charge >= 0.3 is 0 Å². The van der Waals surface area contributed by atoms with E-state index in [1.807, 2.05) is 0 Å². The van der Waals surface area contributed by atoms with Gasteiger partial charge < -0.3 is 24.5 Å². The van der Waals surface area contributed by atoms with Gasteiger partial charge in [0.2, 0.25) is 0 Å². The van der Waals surface area contributed by atoms with Gasteiger partial charge in [-0.1, -0.05) is 30.3 Å². The van der Waals surface area contributed by atoms with E-state index < -0.39 is 0 Å². The molecule has 2 aliphatic heterocycles. The Morgan fingerprint density at radius 2 is 1.63 bits per heavy atom. The standard InChI is InChI=1S/C25H30N2O3/c1-2-4-19(5-3-1)23-16-20-14-18(17-30-22-8-12-29-13-9-22)15-24(25(20)27-23)26-21-6-10-28-11-7-21/h1-5,14-16,21-22,26-27H,6-13,17H2. The van der Waals surface area contributed by atoms with Crippen molar-refractivity contribution in [1.29, 1.82) is 0 Å². The SMILES string of the molecule is c1ccc(-c2cc3cc(COC4CCOCC4)cc(NC4CCOCC4)c3[nH]2)cc1. The molecule has 0 saturated carbocycles. The summed E-state index contributed by atoms with van der Waals surface area (Å²) in [6.07, 6.45) is 4.34. The molecule has 5 rings (SSSR count). The van der Waals surface area contributed by atoms with Crippen LogP contribution in [-0.4, -0.2) is 43.6 Å². The molecule has 0 radical (unpaired) electrons. The topological polar surface area (TPSA) is 55.5 Å². The van der Waals surface area contributed by atoms with Gasteiger partial charge in [-0.25, -0.2) is 0 Å². The number of aromatic nitrogens is 1. The minimum atomic E-state index is 0.299. The summed E-state index contributed by atoms with van der Waals surface area (Å²) in [4.78, 5) is 3.65. The monoisotopic (exact) mass is 406 g/mol. The third-order valence-corrected chi connectivity index (χ3v) is 6.11. The van der Waals surface area contributed by atoms with Crippen LogP contribution in [0.3, 0.4) is 0 Å². The molecule has 2 aromatic carbocycles. The molecule has 2 N–H and O–H groups in total. The zero-order chi connectivity index (χ0) is 20.2. The Bertz CT molecular complexity index is 957. The summed E-state index contributed by atoms with van der Waals surface area (Å²) in [7, 11) is 0. The number of aromatic amines is 1. The zero-order valence-electron chi connectivity index (χ0n) is 17.4. The van der Waals surface area contributed by atoms with Crippen molar-refractivity contribution in [1.82, 2.24) is 4.98 Å². The molecule has 0 unspecified atom stereocenters. The molecule has 0 aliphatic carbocycles. The Morgan fingerprint density at radius 3 is 2.40 bits per heavy atom. The molecule has 158 valence electrons. The van der Waals surface area contributed by atoms with Crippen LogP contribution in [-0.2, 0) is 20.8 Å². The summed E-state index contributed by atoms with van der Waals surface area (Å²) in [6.45, 7) is 3.90. The van der Waals surface area contributed by atoms with Crippen molar-refractivity contribution < 1.29 is 14.2 Å². The van der Waals surface area contributed by atoms with Crippen molar-refractivity contribution in [2.75, 3.05) is 31.7 Å². The second-order valence-electron chi connectivity index (χ2n) is 8.31. The molecular weight excluding hydrogens is 376 g/mol. The van der Waals surface area contributed by atoms with Gasteiger partial charge in [0.05, 0.1) is 23.9 Å². The third kappa shape index (κ3) is 4.53. The van der Waals surface area contributed by atoms with E-state index in [4.69, 9.17) is 14.2 Å². The summed E-state index contributed by atoms with van der Waals surface area (Å²) in [5.41, 5.74) is 5.87. The van der Waals surface area contributed by atoms with Crippen LogP contribution in [0.2, 0.25) is 0 Å². The first-order chi connectivity index (χ1) is 14.8. The number of hydrogen-bond donors (Lipinski definition) is 2. The van der Waals surface area contributed by atoms with Gasteiger partial charge in [0, 0.05) is 43.5 Å². The van der Waals surface area contributed by atoms with Crippen molar-refractivity contribution in [3.05, 3.63) is 54.1 Å². The molecule has 2 fully saturated rings. The molecule has 30 heavy (non-hydrogen) atoms. The van der Waals surface area contributed by atoms with Crippen LogP contribution in [0.4, 0.5) is 5.69 Å². The van der Waals surface area contributed by atoms with Crippen LogP contribution < -0.4 is 5.32 Å². The highest BCUT2D eigenvalue weighted by atomic mass is 16.5. The van der Waals surface area contributed by atoms with Crippen molar-refractivity contribution in [3.8, 4) is 11.3 Å². The predicted molar refractivity (Wildman–Crippen MR) is 120 cm³/mol. The van der Waals surface area contributed by atoms with Crippen LogP contribution in [0.1, 0.15) is 31.2 Å². The molecule has 3 aromatic rings. The van der Waals surface area contributed by atoms with E-state index in [0.29, 0.717) is 18.8 Å². The summed E-state index contributed by atoms with van der Waals surface area (Å²) in [5.74, 6) is 0. The van der Waals surface area contributed by atoms with Crippen LogP contribution in [0.5, 0.6) is 0 Å². The van der Waals surface area contributed by atoms with Crippen molar-refractivity contribution in [3.63, 3.8) is 0 Å². The highest BCUT2D eigenvalue weighted by Crippen LogP contribution is 2.32. The van der Waals surface area contributed by atoms with E-state index in [1.54, 1.807) is 0 Å². The average molecular weight is 407 g/mol. The number of benzene rings is 2.